The number of nitrogens with two attached hydrogens (primary N) is 1. The Labute approximate surface area is 113 Å². The largest absolute Gasteiger partial charge is 0.326 e. The Bertz CT molecular complexity index is 324. The van der Waals surface area contributed by atoms with Gasteiger partial charge < -0.3 is 5.73 Å². The van der Waals surface area contributed by atoms with Gasteiger partial charge in [0.1, 0.15) is 0 Å². The lowest BCUT2D eigenvalue weighted by molar-refractivity contribution is 1.19. The van der Waals surface area contributed by atoms with Gasteiger partial charge in [0.2, 0.25) is 0 Å². The van der Waals surface area contributed by atoms with Gasteiger partial charge in [-0.25, -0.2) is 0 Å². The van der Waals surface area contributed by atoms with E-state index in [1.807, 2.05) is 31.2 Å². The van der Waals surface area contributed by atoms with Crippen LogP contribution in [0.1, 0.15) is 27.2 Å². The fourth-order valence-corrected chi connectivity index (χ4v) is 0.875. The predicted molar refractivity (Wildman–Crippen MR) is 85.5 cm³/mol. The summed E-state index contributed by atoms with van der Waals surface area (Å²) in [5, 5.41) is 0. The summed E-state index contributed by atoms with van der Waals surface area (Å²) >= 11 is 0. The third-order valence-electron chi connectivity index (χ3n) is 1.87. The monoisotopic (exact) mass is 245 g/mol. The molecule has 0 amide bonds. The average Bonchev–Trinajstić information content (AvgIpc) is 2.37. The van der Waals surface area contributed by atoms with Crippen molar-refractivity contribution in [2.24, 2.45) is 5.73 Å². The minimum Gasteiger partial charge on any atom is -0.326 e. The summed E-state index contributed by atoms with van der Waals surface area (Å²) < 4.78 is 0. The van der Waals surface area contributed by atoms with Crippen LogP contribution in [0.4, 0.5) is 0 Å². The molecule has 0 aromatic heterocycles. The van der Waals surface area contributed by atoms with Crippen molar-refractivity contribution in [3.63, 3.8) is 0 Å². The van der Waals surface area contributed by atoms with Crippen molar-refractivity contribution < 1.29 is 0 Å². The number of hydrogen-bond donors (Lipinski definition) is 1. The summed E-state index contributed by atoms with van der Waals surface area (Å²) in [5.74, 6) is 0. The van der Waals surface area contributed by atoms with Gasteiger partial charge in [-0.3, -0.25) is 0 Å². The lowest BCUT2D eigenvalue weighted by atomic mass is 10.2. The van der Waals surface area contributed by atoms with Crippen LogP contribution >= 0.6 is 0 Å². The summed E-state index contributed by atoms with van der Waals surface area (Å²) in [4.78, 5) is 0. The minimum atomic E-state index is 0.563. The van der Waals surface area contributed by atoms with Crippen LogP contribution in [0.2, 0.25) is 0 Å². The quantitative estimate of drug-likeness (QED) is 0.532. The highest BCUT2D eigenvalue weighted by Gasteiger charge is 1.79. The molecule has 0 fully saturated rings. The van der Waals surface area contributed by atoms with E-state index >= 15 is 0 Å². The smallest absolute Gasteiger partial charge is 0.0177 e. The van der Waals surface area contributed by atoms with Crippen molar-refractivity contribution >= 4 is 0 Å². The summed E-state index contributed by atoms with van der Waals surface area (Å²) in [6.07, 6.45) is 16.7. The second-order valence-corrected chi connectivity index (χ2v) is 3.87. The van der Waals surface area contributed by atoms with E-state index in [2.05, 4.69) is 45.2 Å². The Morgan fingerprint density at radius 1 is 1.11 bits per heavy atom. The SMILES string of the molecule is C=C/C(=C\C=C/C)CN.C=CC/C=C\C=C(C)C. The Morgan fingerprint density at radius 2 is 1.78 bits per heavy atom. The molecule has 0 spiro atoms. The van der Waals surface area contributed by atoms with Crippen molar-refractivity contribution in [2.75, 3.05) is 6.54 Å². The van der Waals surface area contributed by atoms with Crippen molar-refractivity contribution in [3.05, 3.63) is 72.9 Å². The molecular weight excluding hydrogens is 218 g/mol. The zero-order valence-electron chi connectivity index (χ0n) is 12.0. The molecule has 2 N–H and O–H groups in total. The first kappa shape index (κ1) is 18.8. The molecule has 0 saturated carbocycles. The van der Waals surface area contributed by atoms with Crippen LogP contribution in [0.25, 0.3) is 0 Å². The van der Waals surface area contributed by atoms with Crippen LogP contribution in [0, 0.1) is 0 Å². The van der Waals surface area contributed by atoms with E-state index < -0.39 is 0 Å². The molecule has 1 nitrogen and oxygen atoms in total. The zero-order valence-corrected chi connectivity index (χ0v) is 12.0. The van der Waals surface area contributed by atoms with Gasteiger partial charge in [-0.15, -0.1) is 6.58 Å². The van der Waals surface area contributed by atoms with Crippen LogP contribution < -0.4 is 5.73 Å². The lowest BCUT2D eigenvalue weighted by Gasteiger charge is -1.90. The second-order valence-electron chi connectivity index (χ2n) is 3.87. The van der Waals surface area contributed by atoms with Gasteiger partial charge in [-0.2, -0.15) is 0 Å². The first-order valence-electron chi connectivity index (χ1n) is 6.17. The summed E-state index contributed by atoms with van der Waals surface area (Å²) in [6.45, 7) is 13.9. The third kappa shape index (κ3) is 16.8. The topological polar surface area (TPSA) is 26.0 Å². The van der Waals surface area contributed by atoms with E-state index in [-0.39, 0.29) is 0 Å². The molecule has 0 heterocycles. The summed E-state index contributed by atoms with van der Waals surface area (Å²) in [6, 6.07) is 0. The van der Waals surface area contributed by atoms with Crippen LogP contribution in [-0.2, 0) is 0 Å². The van der Waals surface area contributed by atoms with Crippen LogP contribution in [0.5, 0.6) is 0 Å². The molecule has 100 valence electrons. The average molecular weight is 245 g/mol. The van der Waals surface area contributed by atoms with Gasteiger partial charge in [-0.05, 0) is 32.8 Å². The van der Waals surface area contributed by atoms with Gasteiger partial charge >= 0.3 is 0 Å². The summed E-state index contributed by atoms with van der Waals surface area (Å²) in [5.41, 5.74) is 7.74. The molecule has 0 aliphatic heterocycles. The molecule has 0 atom stereocenters. The van der Waals surface area contributed by atoms with E-state index in [0.29, 0.717) is 6.54 Å². The Hall–Kier alpha value is -1.60. The van der Waals surface area contributed by atoms with Crippen molar-refractivity contribution in [3.8, 4) is 0 Å². The fourth-order valence-electron chi connectivity index (χ4n) is 0.875. The van der Waals surface area contributed by atoms with E-state index in [1.165, 1.54) is 5.57 Å². The molecule has 0 aliphatic rings. The second kappa shape index (κ2) is 15.4. The molecule has 0 saturated heterocycles. The molecule has 0 aliphatic carbocycles. The zero-order chi connectivity index (χ0) is 14.2. The maximum absolute atomic E-state index is 5.35. The molecule has 0 unspecified atom stereocenters. The van der Waals surface area contributed by atoms with Gasteiger partial charge in [-0.1, -0.05) is 60.8 Å². The Morgan fingerprint density at radius 3 is 2.17 bits per heavy atom. The first-order valence-corrected chi connectivity index (χ1v) is 6.17. The normalized spacial score (nSPS) is 11.0. The summed E-state index contributed by atoms with van der Waals surface area (Å²) in [7, 11) is 0. The molecule has 1 heteroatoms. The standard InChI is InChI=1S/C9H14.C8H13N/c1-4-5-6-7-8-9(2)3;1-3-5-6-8(4-2)7-9/h4,6-8H,1,5H2,2-3H3;3-6H,2,7,9H2,1H3/b7-6-;5-3-,8-6+. The van der Waals surface area contributed by atoms with E-state index in [1.54, 1.807) is 6.08 Å². The van der Waals surface area contributed by atoms with E-state index in [4.69, 9.17) is 5.73 Å². The number of allylic oxidation sites excluding steroid dienone is 8. The van der Waals surface area contributed by atoms with Crippen molar-refractivity contribution in [1.82, 2.24) is 0 Å². The molecule has 0 aromatic rings. The van der Waals surface area contributed by atoms with Gasteiger partial charge in [0.05, 0.1) is 0 Å². The third-order valence-corrected chi connectivity index (χ3v) is 1.87. The van der Waals surface area contributed by atoms with Gasteiger partial charge in [0.15, 0.2) is 0 Å². The van der Waals surface area contributed by atoms with E-state index in [0.717, 1.165) is 12.0 Å². The Balaban J connectivity index is 0. The Kier molecular flexibility index (Phi) is 16.0. The maximum Gasteiger partial charge on any atom is 0.0177 e. The lowest BCUT2D eigenvalue weighted by Crippen LogP contribution is -1.99. The molecule has 0 bridgehead atoms. The number of hydrogen-bond acceptors (Lipinski definition) is 1. The minimum absolute atomic E-state index is 0.563. The van der Waals surface area contributed by atoms with Crippen LogP contribution in [0.15, 0.2) is 72.9 Å². The predicted octanol–water partition coefficient (Wildman–Crippen LogP) is 4.72. The van der Waals surface area contributed by atoms with Crippen LogP contribution in [0.3, 0.4) is 0 Å². The highest BCUT2D eigenvalue weighted by atomic mass is 14.5. The molecule has 0 radical (unpaired) electrons. The van der Waals surface area contributed by atoms with Gasteiger partial charge in [0, 0.05) is 6.54 Å². The molecular formula is C17H27N. The van der Waals surface area contributed by atoms with E-state index in [9.17, 15) is 0 Å². The van der Waals surface area contributed by atoms with Gasteiger partial charge in [0.25, 0.3) is 0 Å². The maximum atomic E-state index is 5.35. The first-order chi connectivity index (χ1) is 8.62. The molecule has 0 aromatic carbocycles. The fraction of sp³-hybridized carbons (Fsp3) is 0.294. The highest BCUT2D eigenvalue weighted by molar-refractivity contribution is 5.22. The molecule has 0 rings (SSSR count). The number of rotatable bonds is 6. The van der Waals surface area contributed by atoms with Crippen molar-refractivity contribution in [1.29, 1.82) is 0 Å². The molecule has 18 heavy (non-hydrogen) atoms. The van der Waals surface area contributed by atoms with Crippen molar-refractivity contribution in [2.45, 2.75) is 27.2 Å². The highest BCUT2D eigenvalue weighted by Crippen LogP contribution is 1.91. The van der Waals surface area contributed by atoms with Crippen LogP contribution in [-0.4, -0.2) is 6.54 Å².